The van der Waals surface area contributed by atoms with E-state index < -0.39 is 17.4 Å². The van der Waals surface area contributed by atoms with E-state index in [1.54, 1.807) is 28.9 Å². The molecule has 6 nitrogen and oxygen atoms in total. The predicted octanol–water partition coefficient (Wildman–Crippen LogP) is 1.51. The van der Waals surface area contributed by atoms with Gasteiger partial charge in [0.1, 0.15) is 11.2 Å². The number of carboxylic acids is 1. The van der Waals surface area contributed by atoms with Gasteiger partial charge in [-0.1, -0.05) is 11.6 Å². The molecule has 2 N–H and O–H groups in total. The van der Waals surface area contributed by atoms with Crippen LogP contribution in [0, 0.1) is 0 Å². The second-order valence-electron chi connectivity index (χ2n) is 5.00. The van der Waals surface area contributed by atoms with Crippen molar-refractivity contribution in [3.05, 3.63) is 35.2 Å². The fourth-order valence-electron chi connectivity index (χ4n) is 1.71. The number of imidazole rings is 1. The number of nitrogens with zero attached hydrogens (tertiary/aromatic N) is 2. The first-order valence-electron chi connectivity index (χ1n) is 5.95. The van der Waals surface area contributed by atoms with Gasteiger partial charge in [0.05, 0.1) is 17.1 Å². The number of fused-ring (bicyclic) bond motifs is 1. The fourth-order valence-corrected chi connectivity index (χ4v) is 1.88. The van der Waals surface area contributed by atoms with E-state index >= 15 is 0 Å². The molecule has 0 unspecified atom stereocenters. The van der Waals surface area contributed by atoms with Crippen molar-refractivity contribution in [2.45, 2.75) is 25.8 Å². The van der Waals surface area contributed by atoms with Crippen LogP contribution in [-0.2, 0) is 16.0 Å². The van der Waals surface area contributed by atoms with Gasteiger partial charge in [-0.05, 0) is 26.0 Å². The maximum Gasteiger partial charge on any atom is 0.328 e. The molecular formula is C13H14ClN3O3. The number of halogens is 1. The Morgan fingerprint density at radius 3 is 2.75 bits per heavy atom. The smallest absolute Gasteiger partial charge is 0.328 e. The van der Waals surface area contributed by atoms with Gasteiger partial charge in [-0.2, -0.15) is 0 Å². The van der Waals surface area contributed by atoms with E-state index in [1.165, 1.54) is 13.8 Å². The summed E-state index contributed by atoms with van der Waals surface area (Å²) in [5.41, 5.74) is -0.0832. The number of carboxylic acid groups (broad SMARTS) is 1. The van der Waals surface area contributed by atoms with Gasteiger partial charge in [-0.3, -0.25) is 4.79 Å². The average molecular weight is 296 g/mol. The van der Waals surface area contributed by atoms with E-state index in [1.807, 2.05) is 0 Å². The zero-order chi connectivity index (χ0) is 14.9. The number of aromatic nitrogens is 2. The summed E-state index contributed by atoms with van der Waals surface area (Å²) in [7, 11) is 0. The topological polar surface area (TPSA) is 83.7 Å². The molecule has 2 rings (SSSR count). The van der Waals surface area contributed by atoms with Crippen LogP contribution in [0.5, 0.6) is 0 Å². The van der Waals surface area contributed by atoms with Crippen LogP contribution in [-0.4, -0.2) is 31.9 Å². The molecule has 20 heavy (non-hydrogen) atoms. The van der Waals surface area contributed by atoms with Crippen LogP contribution in [0.25, 0.3) is 5.65 Å². The molecule has 0 saturated carbocycles. The summed E-state index contributed by atoms with van der Waals surface area (Å²) in [6.07, 6.45) is 3.39. The molecule has 2 heterocycles. The minimum atomic E-state index is -1.31. The second kappa shape index (κ2) is 5.13. The predicted molar refractivity (Wildman–Crippen MR) is 73.8 cm³/mol. The van der Waals surface area contributed by atoms with Crippen LogP contribution in [0.4, 0.5) is 0 Å². The Morgan fingerprint density at radius 2 is 2.10 bits per heavy atom. The average Bonchev–Trinajstić information content (AvgIpc) is 2.68. The van der Waals surface area contributed by atoms with E-state index in [4.69, 9.17) is 16.7 Å². The quantitative estimate of drug-likeness (QED) is 0.895. The normalized spacial score (nSPS) is 11.6. The number of hydrogen-bond donors (Lipinski definition) is 2. The highest BCUT2D eigenvalue weighted by Gasteiger charge is 2.28. The lowest BCUT2D eigenvalue weighted by molar-refractivity contribution is -0.145. The van der Waals surface area contributed by atoms with Gasteiger partial charge in [0, 0.05) is 12.4 Å². The standard InChI is InChI=1S/C13H14ClN3O3/c1-13(2,12(19)20)16-11(18)5-9-7-17-6-8(14)3-4-10(17)15-9/h3-4,6-7H,5H2,1-2H3,(H,16,18)(H,19,20). The maximum absolute atomic E-state index is 11.8. The van der Waals surface area contributed by atoms with Crippen molar-refractivity contribution in [1.82, 2.24) is 14.7 Å². The van der Waals surface area contributed by atoms with Crippen molar-refractivity contribution < 1.29 is 14.7 Å². The lowest BCUT2D eigenvalue weighted by Gasteiger charge is -2.20. The highest BCUT2D eigenvalue weighted by molar-refractivity contribution is 6.30. The molecule has 0 aliphatic rings. The van der Waals surface area contributed by atoms with Gasteiger partial charge in [-0.15, -0.1) is 0 Å². The Labute approximate surface area is 120 Å². The minimum Gasteiger partial charge on any atom is -0.480 e. The first-order chi connectivity index (χ1) is 9.28. The molecule has 0 aromatic carbocycles. The van der Waals surface area contributed by atoms with Crippen LogP contribution in [0.3, 0.4) is 0 Å². The number of carbonyl (C=O) groups excluding carboxylic acids is 1. The summed E-state index contributed by atoms with van der Waals surface area (Å²) in [6.45, 7) is 2.85. The van der Waals surface area contributed by atoms with Gasteiger partial charge in [-0.25, -0.2) is 9.78 Å². The summed E-state index contributed by atoms with van der Waals surface area (Å²) in [5.74, 6) is -1.49. The van der Waals surface area contributed by atoms with Crippen LogP contribution in [0.2, 0.25) is 5.02 Å². The van der Waals surface area contributed by atoms with E-state index in [-0.39, 0.29) is 6.42 Å². The Hall–Kier alpha value is -2.08. The number of hydrogen-bond acceptors (Lipinski definition) is 3. The molecule has 0 bridgehead atoms. The third kappa shape index (κ3) is 3.08. The van der Waals surface area contributed by atoms with Crippen molar-refractivity contribution in [1.29, 1.82) is 0 Å². The Balaban J connectivity index is 2.12. The molecule has 106 valence electrons. The van der Waals surface area contributed by atoms with E-state index in [9.17, 15) is 9.59 Å². The molecule has 0 saturated heterocycles. The molecular weight excluding hydrogens is 282 g/mol. The van der Waals surface area contributed by atoms with Crippen LogP contribution < -0.4 is 5.32 Å². The van der Waals surface area contributed by atoms with Gasteiger partial charge >= 0.3 is 5.97 Å². The summed E-state index contributed by atoms with van der Waals surface area (Å²) in [4.78, 5) is 27.0. The van der Waals surface area contributed by atoms with Crippen LogP contribution >= 0.6 is 11.6 Å². The SMILES string of the molecule is CC(C)(NC(=O)Cc1cn2cc(Cl)ccc2n1)C(=O)O. The van der Waals surface area contributed by atoms with Gasteiger partial charge in [0.2, 0.25) is 5.91 Å². The summed E-state index contributed by atoms with van der Waals surface area (Å²) < 4.78 is 1.72. The lowest BCUT2D eigenvalue weighted by atomic mass is 10.1. The van der Waals surface area contributed by atoms with E-state index in [0.717, 1.165) is 0 Å². The molecule has 0 spiro atoms. The van der Waals surface area contributed by atoms with Gasteiger partial charge in [0.15, 0.2) is 0 Å². The number of nitrogens with one attached hydrogen (secondary N) is 1. The Morgan fingerprint density at radius 1 is 1.40 bits per heavy atom. The van der Waals surface area contributed by atoms with Crippen molar-refractivity contribution in [3.63, 3.8) is 0 Å². The molecule has 0 radical (unpaired) electrons. The third-order valence-corrected chi connectivity index (χ3v) is 3.02. The first-order valence-corrected chi connectivity index (χ1v) is 6.33. The molecule has 0 aliphatic heterocycles. The molecule has 0 aliphatic carbocycles. The lowest BCUT2D eigenvalue weighted by Crippen LogP contribution is -2.50. The zero-order valence-electron chi connectivity index (χ0n) is 11.1. The summed E-state index contributed by atoms with van der Waals surface area (Å²) in [6, 6.07) is 3.45. The van der Waals surface area contributed by atoms with Gasteiger partial charge < -0.3 is 14.8 Å². The summed E-state index contributed by atoms with van der Waals surface area (Å²) >= 11 is 5.86. The van der Waals surface area contributed by atoms with E-state index in [0.29, 0.717) is 16.4 Å². The number of aliphatic carboxylic acids is 1. The molecule has 7 heteroatoms. The van der Waals surface area contributed by atoms with E-state index in [2.05, 4.69) is 10.3 Å². The second-order valence-corrected chi connectivity index (χ2v) is 5.44. The van der Waals surface area contributed by atoms with Crippen molar-refractivity contribution in [2.75, 3.05) is 0 Å². The number of rotatable bonds is 4. The van der Waals surface area contributed by atoms with Crippen LogP contribution in [0.1, 0.15) is 19.5 Å². The minimum absolute atomic E-state index is 0.00993. The Bertz CT molecular complexity index is 679. The third-order valence-electron chi connectivity index (χ3n) is 2.79. The maximum atomic E-state index is 11.8. The highest BCUT2D eigenvalue weighted by Crippen LogP contribution is 2.12. The van der Waals surface area contributed by atoms with Crippen molar-refractivity contribution in [2.24, 2.45) is 0 Å². The number of amides is 1. The number of carbonyl (C=O) groups is 2. The highest BCUT2D eigenvalue weighted by atomic mass is 35.5. The largest absolute Gasteiger partial charge is 0.480 e. The fraction of sp³-hybridized carbons (Fsp3) is 0.308. The molecule has 1 amide bonds. The van der Waals surface area contributed by atoms with Gasteiger partial charge in [0.25, 0.3) is 0 Å². The molecule has 2 aromatic heterocycles. The molecule has 0 atom stereocenters. The summed E-state index contributed by atoms with van der Waals surface area (Å²) in [5, 5.41) is 12.0. The zero-order valence-corrected chi connectivity index (χ0v) is 11.8. The monoisotopic (exact) mass is 295 g/mol. The van der Waals surface area contributed by atoms with Crippen LogP contribution in [0.15, 0.2) is 24.5 Å². The number of pyridine rings is 1. The molecule has 0 fully saturated rings. The molecule has 2 aromatic rings. The van der Waals surface area contributed by atoms with Crippen molar-refractivity contribution >= 4 is 29.1 Å². The Kier molecular flexibility index (Phi) is 3.67. The first kappa shape index (κ1) is 14.3. The van der Waals surface area contributed by atoms with Crippen molar-refractivity contribution in [3.8, 4) is 0 Å².